The Balaban J connectivity index is 1.51. The molecule has 2 atom stereocenters. The molecule has 0 bridgehead atoms. The van der Waals surface area contributed by atoms with Gasteiger partial charge in [-0.2, -0.15) is 0 Å². The first-order chi connectivity index (χ1) is 12.9. The van der Waals surface area contributed by atoms with Crippen molar-refractivity contribution in [3.63, 3.8) is 0 Å². The summed E-state index contributed by atoms with van der Waals surface area (Å²) >= 11 is 0. The highest BCUT2D eigenvalue weighted by atomic mass is 16.5. The first-order valence-corrected chi connectivity index (χ1v) is 10.3. The van der Waals surface area contributed by atoms with Crippen molar-refractivity contribution in [2.45, 2.75) is 57.1 Å². The molecule has 1 saturated carbocycles. The molecule has 1 saturated heterocycles. The highest BCUT2D eigenvalue weighted by Crippen LogP contribution is 2.52. The quantitative estimate of drug-likeness (QED) is 0.645. The molecule has 0 amide bonds. The van der Waals surface area contributed by atoms with Crippen LogP contribution < -0.4 is 4.90 Å². The molecule has 1 aromatic rings. The molecule has 0 radical (unpaired) electrons. The number of para-hydroxylation sites is 1. The van der Waals surface area contributed by atoms with Gasteiger partial charge in [-0.3, -0.25) is 0 Å². The molecule has 0 N–H and O–H groups in total. The fourth-order valence-electron chi connectivity index (χ4n) is 5.55. The maximum atomic E-state index is 6.56. The van der Waals surface area contributed by atoms with E-state index in [1.807, 2.05) is 0 Å². The fourth-order valence-corrected chi connectivity index (χ4v) is 5.55. The highest BCUT2D eigenvalue weighted by Gasteiger charge is 2.47. The topological polar surface area (TPSA) is 12.5 Å². The molecule has 0 aromatic heterocycles. The molecule has 2 aliphatic heterocycles. The van der Waals surface area contributed by atoms with Crippen LogP contribution in [-0.4, -0.2) is 12.1 Å². The summed E-state index contributed by atoms with van der Waals surface area (Å²) in [6, 6.07) is 9.24. The predicted molar refractivity (Wildman–Crippen MR) is 106 cm³/mol. The lowest BCUT2D eigenvalue weighted by atomic mass is 9.78. The third-order valence-corrected chi connectivity index (χ3v) is 6.75. The Morgan fingerprint density at radius 3 is 2.73 bits per heavy atom. The summed E-state index contributed by atoms with van der Waals surface area (Å²) in [7, 11) is 0. The maximum Gasteiger partial charge on any atom is 0.142 e. The van der Waals surface area contributed by atoms with Crippen LogP contribution in [0.5, 0.6) is 0 Å². The Kier molecular flexibility index (Phi) is 3.23. The minimum Gasteiger partial charge on any atom is -0.482 e. The Morgan fingerprint density at radius 1 is 0.962 bits per heavy atom. The van der Waals surface area contributed by atoms with Crippen molar-refractivity contribution in [2.24, 2.45) is 5.92 Å². The standard InChI is InChI=1S/C24H25NO/c1-2-8-16(9-3-1)17-14-19-18-10-4-5-11-20(18)25-21-12-6-7-13-22(21)26-23(15-17)24(19)25/h4-5,10-16,23-24H,1-3,6-9H2. The summed E-state index contributed by atoms with van der Waals surface area (Å²) in [4.78, 5) is 2.55. The van der Waals surface area contributed by atoms with Crippen molar-refractivity contribution in [2.75, 3.05) is 4.90 Å². The van der Waals surface area contributed by atoms with Gasteiger partial charge in [-0.25, -0.2) is 0 Å². The summed E-state index contributed by atoms with van der Waals surface area (Å²) in [5, 5.41) is 0. The first-order valence-electron chi connectivity index (χ1n) is 10.3. The van der Waals surface area contributed by atoms with Crippen molar-refractivity contribution in [3.8, 4) is 0 Å². The third-order valence-electron chi connectivity index (χ3n) is 6.75. The number of hydrogen-bond acceptors (Lipinski definition) is 2. The zero-order chi connectivity index (χ0) is 17.1. The minimum absolute atomic E-state index is 0.140. The number of hydrogen-bond donors (Lipinski definition) is 0. The fraction of sp³-hybridized carbons (Fsp3) is 0.417. The van der Waals surface area contributed by atoms with E-state index in [1.165, 1.54) is 60.2 Å². The van der Waals surface area contributed by atoms with Crippen LogP contribution in [0.25, 0.3) is 5.57 Å². The molecule has 6 rings (SSSR count). The largest absolute Gasteiger partial charge is 0.482 e. The maximum absolute atomic E-state index is 6.56. The second-order valence-corrected chi connectivity index (χ2v) is 8.25. The van der Waals surface area contributed by atoms with E-state index in [0.29, 0.717) is 6.04 Å². The van der Waals surface area contributed by atoms with Gasteiger partial charge in [0.1, 0.15) is 17.9 Å². The van der Waals surface area contributed by atoms with Gasteiger partial charge >= 0.3 is 0 Å². The van der Waals surface area contributed by atoms with E-state index in [9.17, 15) is 0 Å². The number of nitrogens with zero attached hydrogens (tertiary/aromatic N) is 1. The SMILES string of the molecule is C1=C2OC3C=C(C4CCCCC4)C=C4c5ccccc5N(C2=CCC1)C43. The highest BCUT2D eigenvalue weighted by molar-refractivity contribution is 5.93. The van der Waals surface area contributed by atoms with E-state index in [0.717, 1.165) is 24.5 Å². The van der Waals surface area contributed by atoms with Crippen LogP contribution in [0, 0.1) is 5.92 Å². The molecular weight excluding hydrogens is 318 g/mol. The molecule has 2 fully saturated rings. The Hall–Kier alpha value is -2.22. The molecule has 3 aliphatic carbocycles. The van der Waals surface area contributed by atoms with Gasteiger partial charge in [-0.15, -0.1) is 0 Å². The lowest BCUT2D eigenvalue weighted by Crippen LogP contribution is -2.47. The molecule has 2 heterocycles. The third kappa shape index (κ3) is 2.05. The minimum atomic E-state index is 0.140. The normalized spacial score (nSPS) is 29.5. The Labute approximate surface area is 155 Å². The van der Waals surface area contributed by atoms with Crippen molar-refractivity contribution in [3.05, 3.63) is 71.2 Å². The predicted octanol–water partition coefficient (Wildman–Crippen LogP) is 5.74. The summed E-state index contributed by atoms with van der Waals surface area (Å²) in [6.07, 6.45) is 18.8. The second kappa shape index (κ2) is 5.64. The summed E-state index contributed by atoms with van der Waals surface area (Å²) in [6.45, 7) is 0. The zero-order valence-corrected chi connectivity index (χ0v) is 15.2. The Bertz CT molecular complexity index is 881. The molecule has 1 aromatic carbocycles. The van der Waals surface area contributed by atoms with Crippen LogP contribution in [0.4, 0.5) is 5.69 Å². The van der Waals surface area contributed by atoms with Gasteiger partial charge in [-0.1, -0.05) is 49.6 Å². The van der Waals surface area contributed by atoms with E-state index in [-0.39, 0.29) is 6.10 Å². The van der Waals surface area contributed by atoms with E-state index in [1.54, 1.807) is 0 Å². The summed E-state index contributed by atoms with van der Waals surface area (Å²) in [5.74, 6) is 1.81. The van der Waals surface area contributed by atoms with Gasteiger partial charge in [0.05, 0.1) is 5.70 Å². The number of allylic oxidation sites excluding steroid dienone is 4. The van der Waals surface area contributed by atoms with Crippen LogP contribution in [0.2, 0.25) is 0 Å². The number of benzene rings is 1. The average molecular weight is 343 g/mol. The monoisotopic (exact) mass is 343 g/mol. The van der Waals surface area contributed by atoms with Crippen LogP contribution >= 0.6 is 0 Å². The second-order valence-electron chi connectivity index (χ2n) is 8.25. The van der Waals surface area contributed by atoms with Gasteiger partial charge in [0, 0.05) is 11.3 Å². The number of morpholine rings is 1. The molecule has 132 valence electrons. The lowest BCUT2D eigenvalue weighted by Gasteiger charge is -2.43. The van der Waals surface area contributed by atoms with Gasteiger partial charge < -0.3 is 9.64 Å². The molecule has 5 aliphatic rings. The molecular formula is C24H25NO. The van der Waals surface area contributed by atoms with Crippen molar-refractivity contribution in [1.82, 2.24) is 0 Å². The number of rotatable bonds is 1. The smallest absolute Gasteiger partial charge is 0.142 e. The van der Waals surface area contributed by atoms with Gasteiger partial charge in [0.2, 0.25) is 0 Å². The molecule has 26 heavy (non-hydrogen) atoms. The molecule has 0 spiro atoms. The van der Waals surface area contributed by atoms with E-state index in [2.05, 4.69) is 53.5 Å². The first kappa shape index (κ1) is 14.9. The lowest BCUT2D eigenvalue weighted by molar-refractivity contribution is 0.128. The van der Waals surface area contributed by atoms with Crippen LogP contribution in [-0.2, 0) is 4.74 Å². The Morgan fingerprint density at radius 2 is 1.81 bits per heavy atom. The van der Waals surface area contributed by atoms with Crippen molar-refractivity contribution < 1.29 is 4.74 Å². The van der Waals surface area contributed by atoms with E-state index in [4.69, 9.17) is 4.74 Å². The molecule has 2 nitrogen and oxygen atoms in total. The van der Waals surface area contributed by atoms with Gasteiger partial charge in [-0.05, 0) is 61.0 Å². The van der Waals surface area contributed by atoms with Crippen molar-refractivity contribution >= 4 is 11.3 Å². The summed E-state index contributed by atoms with van der Waals surface area (Å²) in [5.41, 5.74) is 7.04. The van der Waals surface area contributed by atoms with Gasteiger partial charge in [0.15, 0.2) is 0 Å². The summed E-state index contributed by atoms with van der Waals surface area (Å²) < 4.78 is 6.56. The number of fused-ring (bicyclic) bond motifs is 5. The van der Waals surface area contributed by atoms with E-state index < -0.39 is 0 Å². The average Bonchev–Trinajstić information content (AvgIpc) is 3.05. The van der Waals surface area contributed by atoms with E-state index >= 15 is 0 Å². The molecule has 2 unspecified atom stereocenters. The van der Waals surface area contributed by atoms with Crippen LogP contribution in [0.3, 0.4) is 0 Å². The van der Waals surface area contributed by atoms with Gasteiger partial charge in [0.25, 0.3) is 0 Å². The molecule has 2 heteroatoms. The number of anilines is 1. The van der Waals surface area contributed by atoms with Crippen LogP contribution in [0.1, 0.15) is 50.5 Å². The van der Waals surface area contributed by atoms with Crippen molar-refractivity contribution in [1.29, 1.82) is 0 Å². The number of ether oxygens (including phenoxy) is 1. The van der Waals surface area contributed by atoms with Crippen LogP contribution in [0.15, 0.2) is 65.6 Å². The zero-order valence-electron chi connectivity index (χ0n) is 15.2.